The standard InChI is InChI=1S/C9H9BrClNO/c1-6-2-3-8(7(10)4-6)12-9(13)5-11/h2-4H,5H2,1H3,(H,12,13). The summed E-state index contributed by atoms with van der Waals surface area (Å²) in [5.74, 6) is -0.230. The van der Waals surface area contributed by atoms with Gasteiger partial charge in [0, 0.05) is 4.47 Å². The summed E-state index contributed by atoms with van der Waals surface area (Å²) in [5, 5.41) is 2.67. The summed E-state index contributed by atoms with van der Waals surface area (Å²) in [4.78, 5) is 11.0. The lowest BCUT2D eigenvalue weighted by Crippen LogP contribution is -2.12. The summed E-state index contributed by atoms with van der Waals surface area (Å²) in [6.45, 7) is 1.98. The molecule has 0 fully saturated rings. The molecule has 70 valence electrons. The van der Waals surface area contributed by atoms with Crippen molar-refractivity contribution >= 4 is 39.1 Å². The van der Waals surface area contributed by atoms with Crippen LogP contribution in [-0.4, -0.2) is 11.8 Å². The number of carbonyl (C=O) groups excluding carboxylic acids is 1. The molecule has 0 aliphatic carbocycles. The van der Waals surface area contributed by atoms with Crippen LogP contribution in [0.1, 0.15) is 5.56 Å². The highest BCUT2D eigenvalue weighted by Crippen LogP contribution is 2.23. The van der Waals surface area contributed by atoms with E-state index in [4.69, 9.17) is 11.6 Å². The summed E-state index contributed by atoms with van der Waals surface area (Å²) in [6, 6.07) is 5.70. The van der Waals surface area contributed by atoms with Gasteiger partial charge in [0.15, 0.2) is 0 Å². The predicted octanol–water partition coefficient (Wildman–Crippen LogP) is 2.93. The zero-order valence-corrected chi connectivity index (χ0v) is 9.45. The van der Waals surface area contributed by atoms with Crippen LogP contribution >= 0.6 is 27.5 Å². The van der Waals surface area contributed by atoms with Gasteiger partial charge in [0.1, 0.15) is 5.88 Å². The lowest BCUT2D eigenvalue weighted by Gasteiger charge is -2.05. The normalized spacial score (nSPS) is 9.77. The van der Waals surface area contributed by atoms with Crippen molar-refractivity contribution in [2.75, 3.05) is 11.2 Å². The van der Waals surface area contributed by atoms with E-state index in [1.54, 1.807) is 0 Å². The number of hydrogen-bond donors (Lipinski definition) is 1. The average Bonchev–Trinajstić information content (AvgIpc) is 2.09. The molecule has 1 N–H and O–H groups in total. The first-order valence-corrected chi connectivity index (χ1v) is 5.08. The van der Waals surface area contributed by atoms with Crippen molar-refractivity contribution in [3.63, 3.8) is 0 Å². The van der Waals surface area contributed by atoms with Gasteiger partial charge >= 0.3 is 0 Å². The number of alkyl halides is 1. The van der Waals surface area contributed by atoms with E-state index in [9.17, 15) is 4.79 Å². The highest BCUT2D eigenvalue weighted by Gasteiger charge is 2.03. The largest absolute Gasteiger partial charge is 0.324 e. The smallest absolute Gasteiger partial charge is 0.239 e. The summed E-state index contributed by atoms with van der Waals surface area (Å²) >= 11 is 8.71. The first kappa shape index (κ1) is 10.5. The van der Waals surface area contributed by atoms with Crippen LogP contribution in [0.15, 0.2) is 22.7 Å². The van der Waals surface area contributed by atoms with Crippen molar-refractivity contribution in [3.8, 4) is 0 Å². The molecule has 0 aliphatic heterocycles. The molecule has 2 nitrogen and oxygen atoms in total. The van der Waals surface area contributed by atoms with Crippen LogP contribution in [0, 0.1) is 6.92 Å². The van der Waals surface area contributed by atoms with Gasteiger partial charge in [0.25, 0.3) is 0 Å². The Kier molecular flexibility index (Phi) is 3.75. The summed E-state index contributed by atoms with van der Waals surface area (Å²) < 4.78 is 0.867. The molecule has 0 saturated heterocycles. The predicted molar refractivity (Wildman–Crippen MR) is 58.2 cm³/mol. The van der Waals surface area contributed by atoms with Crippen molar-refractivity contribution in [2.24, 2.45) is 0 Å². The maximum atomic E-state index is 11.0. The molecule has 1 amide bonds. The molecular weight excluding hydrogens is 253 g/mol. The van der Waals surface area contributed by atoms with Gasteiger partial charge in [0.2, 0.25) is 5.91 Å². The Labute approximate surface area is 90.4 Å². The third-order valence-electron chi connectivity index (χ3n) is 1.52. The Balaban J connectivity index is 2.83. The second kappa shape index (κ2) is 4.63. The molecule has 0 atom stereocenters. The van der Waals surface area contributed by atoms with E-state index in [1.807, 2.05) is 25.1 Å². The maximum Gasteiger partial charge on any atom is 0.239 e. The van der Waals surface area contributed by atoms with Crippen LogP contribution in [0.3, 0.4) is 0 Å². The van der Waals surface area contributed by atoms with Crippen molar-refractivity contribution in [1.29, 1.82) is 0 Å². The molecule has 0 bridgehead atoms. The Morgan fingerprint density at radius 3 is 2.85 bits per heavy atom. The van der Waals surface area contributed by atoms with Crippen molar-refractivity contribution < 1.29 is 4.79 Å². The second-order valence-corrected chi connectivity index (χ2v) is 3.79. The Bertz CT molecular complexity index is 327. The molecule has 13 heavy (non-hydrogen) atoms. The molecule has 0 saturated carbocycles. The number of nitrogens with one attached hydrogen (secondary N) is 1. The molecule has 1 aromatic carbocycles. The monoisotopic (exact) mass is 261 g/mol. The minimum atomic E-state index is -0.203. The first-order valence-electron chi connectivity index (χ1n) is 3.75. The topological polar surface area (TPSA) is 29.1 Å². The summed E-state index contributed by atoms with van der Waals surface area (Å²) in [7, 11) is 0. The van der Waals surface area contributed by atoms with Gasteiger partial charge in [-0.3, -0.25) is 4.79 Å². The third-order valence-corrected chi connectivity index (χ3v) is 2.42. The number of halogens is 2. The quantitative estimate of drug-likeness (QED) is 0.816. The van der Waals surface area contributed by atoms with E-state index in [2.05, 4.69) is 21.2 Å². The minimum absolute atomic E-state index is 0.0275. The molecule has 0 aromatic heterocycles. The number of carbonyl (C=O) groups is 1. The van der Waals surface area contributed by atoms with Gasteiger partial charge in [0.05, 0.1) is 5.69 Å². The van der Waals surface area contributed by atoms with Crippen LogP contribution in [0.25, 0.3) is 0 Å². The van der Waals surface area contributed by atoms with Crippen LogP contribution in [-0.2, 0) is 4.79 Å². The number of benzene rings is 1. The van der Waals surface area contributed by atoms with Gasteiger partial charge in [-0.15, -0.1) is 11.6 Å². The van der Waals surface area contributed by atoms with Crippen molar-refractivity contribution in [2.45, 2.75) is 6.92 Å². The number of rotatable bonds is 2. The molecule has 0 spiro atoms. The first-order chi connectivity index (χ1) is 6.13. The SMILES string of the molecule is Cc1ccc(NC(=O)CCl)c(Br)c1. The molecular formula is C9H9BrClNO. The van der Waals surface area contributed by atoms with Gasteiger partial charge in [-0.2, -0.15) is 0 Å². The number of amides is 1. The number of aryl methyl sites for hydroxylation is 1. The minimum Gasteiger partial charge on any atom is -0.324 e. The average molecular weight is 263 g/mol. The molecule has 4 heteroatoms. The number of anilines is 1. The molecule has 1 aromatic rings. The third kappa shape index (κ3) is 3.01. The highest BCUT2D eigenvalue weighted by atomic mass is 79.9. The molecule has 1 rings (SSSR count). The fraction of sp³-hybridized carbons (Fsp3) is 0.222. The lowest BCUT2D eigenvalue weighted by molar-refractivity contribution is -0.113. The van der Waals surface area contributed by atoms with Crippen LogP contribution in [0.4, 0.5) is 5.69 Å². The highest BCUT2D eigenvalue weighted by molar-refractivity contribution is 9.10. The van der Waals surface area contributed by atoms with Crippen LogP contribution in [0.5, 0.6) is 0 Å². The number of hydrogen-bond acceptors (Lipinski definition) is 1. The van der Waals surface area contributed by atoms with Crippen molar-refractivity contribution in [3.05, 3.63) is 28.2 Å². The second-order valence-electron chi connectivity index (χ2n) is 2.67. The summed E-state index contributed by atoms with van der Waals surface area (Å²) in [6.07, 6.45) is 0. The molecule has 0 heterocycles. The van der Waals surface area contributed by atoms with E-state index in [1.165, 1.54) is 0 Å². The van der Waals surface area contributed by atoms with E-state index in [0.717, 1.165) is 15.7 Å². The summed E-state index contributed by atoms with van der Waals surface area (Å²) in [5.41, 5.74) is 1.88. The van der Waals surface area contributed by atoms with Gasteiger partial charge in [-0.05, 0) is 40.5 Å². The van der Waals surface area contributed by atoms with Gasteiger partial charge < -0.3 is 5.32 Å². The van der Waals surface area contributed by atoms with E-state index in [0.29, 0.717) is 0 Å². The zero-order valence-electron chi connectivity index (χ0n) is 7.10. The molecule has 0 aliphatic rings. The van der Waals surface area contributed by atoms with E-state index >= 15 is 0 Å². The van der Waals surface area contributed by atoms with Crippen LogP contribution < -0.4 is 5.32 Å². The fourth-order valence-corrected chi connectivity index (χ4v) is 1.56. The van der Waals surface area contributed by atoms with E-state index in [-0.39, 0.29) is 11.8 Å². The van der Waals surface area contributed by atoms with E-state index < -0.39 is 0 Å². The molecule has 0 unspecified atom stereocenters. The Morgan fingerprint density at radius 2 is 2.31 bits per heavy atom. The van der Waals surface area contributed by atoms with Crippen LogP contribution in [0.2, 0.25) is 0 Å². The molecule has 0 radical (unpaired) electrons. The maximum absolute atomic E-state index is 11.0. The fourth-order valence-electron chi connectivity index (χ4n) is 0.905. The Morgan fingerprint density at radius 1 is 1.62 bits per heavy atom. The Hall–Kier alpha value is -0.540. The van der Waals surface area contributed by atoms with Gasteiger partial charge in [-0.1, -0.05) is 6.07 Å². The van der Waals surface area contributed by atoms with Gasteiger partial charge in [-0.25, -0.2) is 0 Å². The van der Waals surface area contributed by atoms with Crippen molar-refractivity contribution in [1.82, 2.24) is 0 Å². The lowest BCUT2D eigenvalue weighted by atomic mass is 10.2. The zero-order chi connectivity index (χ0) is 9.84.